The van der Waals surface area contributed by atoms with Crippen molar-refractivity contribution in [2.75, 3.05) is 0 Å². The summed E-state index contributed by atoms with van der Waals surface area (Å²) in [5.41, 5.74) is -0.594. The molecule has 0 radical (unpaired) electrons. The monoisotopic (exact) mass is 228 g/mol. The maximum absolute atomic E-state index is 11.3. The number of ether oxygens (including phenoxy) is 1. The first-order valence-electron chi connectivity index (χ1n) is 4.53. The second kappa shape index (κ2) is 4.25. The predicted molar refractivity (Wildman–Crippen MR) is 52.5 cm³/mol. The lowest BCUT2D eigenvalue weighted by Gasteiger charge is -2.18. The molecule has 0 N–H and O–H groups in total. The lowest BCUT2D eigenvalue weighted by molar-refractivity contribution is -0.394. The molecule has 16 heavy (non-hydrogen) atoms. The third-order valence-corrected chi connectivity index (χ3v) is 1.40. The minimum atomic E-state index is -0.731. The number of esters is 1. The number of carbonyl (C=O) groups excluding carboxylic acids is 1. The zero-order valence-electron chi connectivity index (χ0n) is 9.21. The molecule has 0 aliphatic carbocycles. The fraction of sp³-hybridized carbons (Fsp3) is 0.625. The zero-order valence-corrected chi connectivity index (χ0v) is 9.21. The third-order valence-electron chi connectivity index (χ3n) is 1.40. The fourth-order valence-corrected chi connectivity index (χ4v) is 0.951. The van der Waals surface area contributed by atoms with Gasteiger partial charge in [-0.1, -0.05) is 4.98 Å². The summed E-state index contributed by atoms with van der Waals surface area (Å²) in [5, 5.41) is 13.8. The average molecular weight is 228 g/mol. The van der Waals surface area contributed by atoms with Crippen LogP contribution in [0.1, 0.15) is 20.8 Å². The topological polar surface area (TPSA) is 100 Å². The Kier molecular flexibility index (Phi) is 3.21. The zero-order chi connectivity index (χ0) is 12.3. The van der Waals surface area contributed by atoms with E-state index in [0.717, 1.165) is 11.0 Å². The van der Waals surface area contributed by atoms with Gasteiger partial charge in [-0.05, 0) is 25.7 Å². The molecule has 1 heterocycles. The summed E-state index contributed by atoms with van der Waals surface area (Å²) in [5.74, 6) is -1.06. The molecule has 1 rings (SSSR count). The van der Waals surface area contributed by atoms with E-state index in [9.17, 15) is 14.9 Å². The van der Waals surface area contributed by atoms with E-state index in [0.29, 0.717) is 0 Å². The van der Waals surface area contributed by atoms with Gasteiger partial charge in [0.2, 0.25) is 6.33 Å². The number of nitro groups is 1. The van der Waals surface area contributed by atoms with E-state index in [1.165, 1.54) is 0 Å². The Morgan fingerprint density at radius 2 is 2.25 bits per heavy atom. The standard InChI is InChI=1S/C8H12N4O4/c1-8(2,3)16-6(13)4-11-5-9-7(10-11)12(14)15/h5H,4H2,1-3H3. The molecule has 0 unspecified atom stereocenters. The van der Waals surface area contributed by atoms with Crippen LogP contribution >= 0.6 is 0 Å². The number of hydrogen-bond acceptors (Lipinski definition) is 6. The summed E-state index contributed by atoms with van der Waals surface area (Å²) in [6, 6.07) is 0. The van der Waals surface area contributed by atoms with Crippen molar-refractivity contribution in [3.05, 3.63) is 16.4 Å². The van der Waals surface area contributed by atoms with Gasteiger partial charge in [-0.3, -0.25) is 0 Å². The second-order valence-electron chi connectivity index (χ2n) is 4.09. The summed E-state index contributed by atoms with van der Waals surface area (Å²) in [4.78, 5) is 24.3. The van der Waals surface area contributed by atoms with E-state index < -0.39 is 22.4 Å². The first-order chi connectivity index (χ1) is 7.28. The van der Waals surface area contributed by atoms with E-state index in [1.807, 2.05) is 0 Å². The van der Waals surface area contributed by atoms with Crippen molar-refractivity contribution in [3.8, 4) is 0 Å². The Hall–Kier alpha value is -1.99. The molecule has 0 spiro atoms. The second-order valence-corrected chi connectivity index (χ2v) is 4.09. The van der Waals surface area contributed by atoms with Gasteiger partial charge in [0.15, 0.2) is 6.54 Å². The molecule has 0 atom stereocenters. The van der Waals surface area contributed by atoms with Crippen LogP contribution in [0.15, 0.2) is 6.33 Å². The van der Waals surface area contributed by atoms with Gasteiger partial charge in [0.05, 0.1) is 0 Å². The Bertz CT molecular complexity index is 406. The molecule has 0 saturated carbocycles. The minimum absolute atomic E-state index is 0.196. The van der Waals surface area contributed by atoms with Crippen molar-refractivity contribution in [2.24, 2.45) is 0 Å². The molecule has 0 amide bonds. The highest BCUT2D eigenvalue weighted by Gasteiger charge is 2.20. The van der Waals surface area contributed by atoms with Gasteiger partial charge in [-0.2, -0.15) is 4.68 Å². The van der Waals surface area contributed by atoms with Crippen LogP contribution in [0.2, 0.25) is 0 Å². The molecule has 1 aromatic heterocycles. The van der Waals surface area contributed by atoms with Crippen molar-refractivity contribution in [2.45, 2.75) is 32.9 Å². The van der Waals surface area contributed by atoms with Gasteiger partial charge in [0.25, 0.3) is 0 Å². The number of rotatable bonds is 3. The maximum Gasteiger partial charge on any atom is 0.490 e. The first kappa shape index (κ1) is 12.1. The van der Waals surface area contributed by atoms with Crippen LogP contribution in [0.5, 0.6) is 0 Å². The molecule has 8 heteroatoms. The third kappa shape index (κ3) is 3.64. The van der Waals surface area contributed by atoms with Crippen LogP contribution in [0, 0.1) is 10.1 Å². The van der Waals surface area contributed by atoms with Gasteiger partial charge in [0.1, 0.15) is 5.60 Å². The van der Waals surface area contributed by atoms with Gasteiger partial charge in [0, 0.05) is 5.10 Å². The van der Waals surface area contributed by atoms with E-state index in [4.69, 9.17) is 4.74 Å². The summed E-state index contributed by atoms with van der Waals surface area (Å²) >= 11 is 0. The van der Waals surface area contributed by atoms with Gasteiger partial charge in [-0.25, -0.2) is 4.79 Å². The molecule has 1 aromatic rings. The Morgan fingerprint density at radius 3 is 2.69 bits per heavy atom. The first-order valence-corrected chi connectivity index (χ1v) is 4.53. The molecule has 0 aromatic carbocycles. The maximum atomic E-state index is 11.3. The van der Waals surface area contributed by atoms with Gasteiger partial charge >= 0.3 is 11.9 Å². The van der Waals surface area contributed by atoms with Gasteiger partial charge in [-0.15, -0.1) is 0 Å². The highest BCUT2D eigenvalue weighted by molar-refractivity contribution is 5.69. The van der Waals surface area contributed by atoms with Crippen LogP contribution in [0.3, 0.4) is 0 Å². The molecule has 0 bridgehead atoms. The van der Waals surface area contributed by atoms with Crippen LogP contribution < -0.4 is 0 Å². The molecule has 0 aliphatic heterocycles. The van der Waals surface area contributed by atoms with Crippen molar-refractivity contribution < 1.29 is 14.5 Å². The van der Waals surface area contributed by atoms with E-state index in [2.05, 4.69) is 10.1 Å². The minimum Gasteiger partial charge on any atom is -0.459 e. The van der Waals surface area contributed by atoms with Crippen LogP contribution in [0.25, 0.3) is 0 Å². The number of carbonyl (C=O) groups is 1. The summed E-state index contributed by atoms with van der Waals surface area (Å²) in [7, 11) is 0. The molecule has 88 valence electrons. The molecule has 0 saturated heterocycles. The molecular formula is C8H12N4O4. The summed E-state index contributed by atoms with van der Waals surface area (Å²) in [6.45, 7) is 5.00. The Labute approximate surface area is 91.4 Å². The van der Waals surface area contributed by atoms with E-state index in [-0.39, 0.29) is 6.54 Å². The van der Waals surface area contributed by atoms with Crippen molar-refractivity contribution in [1.29, 1.82) is 0 Å². The average Bonchev–Trinajstić information content (AvgIpc) is 2.48. The highest BCUT2D eigenvalue weighted by atomic mass is 16.6. The normalized spacial score (nSPS) is 11.2. The highest BCUT2D eigenvalue weighted by Crippen LogP contribution is 2.08. The van der Waals surface area contributed by atoms with Crippen LogP contribution in [0.4, 0.5) is 5.95 Å². The molecule has 0 fully saturated rings. The van der Waals surface area contributed by atoms with Gasteiger partial charge < -0.3 is 14.9 Å². The van der Waals surface area contributed by atoms with Crippen LogP contribution in [-0.4, -0.2) is 31.3 Å². The van der Waals surface area contributed by atoms with Crippen LogP contribution in [-0.2, 0) is 16.1 Å². The van der Waals surface area contributed by atoms with E-state index in [1.54, 1.807) is 20.8 Å². The smallest absolute Gasteiger partial charge is 0.459 e. The molecule has 8 nitrogen and oxygen atoms in total. The lowest BCUT2D eigenvalue weighted by atomic mass is 10.2. The summed E-state index contributed by atoms with van der Waals surface area (Å²) in [6.07, 6.45) is 1.11. The van der Waals surface area contributed by atoms with Crippen molar-refractivity contribution in [3.63, 3.8) is 0 Å². The van der Waals surface area contributed by atoms with E-state index >= 15 is 0 Å². The van der Waals surface area contributed by atoms with Crippen molar-refractivity contribution in [1.82, 2.24) is 14.8 Å². The number of nitrogens with zero attached hydrogens (tertiary/aromatic N) is 4. The lowest BCUT2D eigenvalue weighted by Crippen LogP contribution is -2.26. The number of aromatic nitrogens is 3. The molecular weight excluding hydrogens is 216 g/mol. The predicted octanol–water partition coefficient (Wildman–Crippen LogP) is 0.528. The Morgan fingerprint density at radius 1 is 1.62 bits per heavy atom. The SMILES string of the molecule is CC(C)(C)OC(=O)Cn1cnc([N+](=O)[O-])n1. The fourth-order valence-electron chi connectivity index (χ4n) is 0.951. The molecule has 0 aliphatic rings. The number of hydrogen-bond donors (Lipinski definition) is 0. The van der Waals surface area contributed by atoms with Crippen molar-refractivity contribution >= 4 is 11.9 Å². The summed E-state index contributed by atoms with van der Waals surface area (Å²) < 4.78 is 6.08. The Balaban J connectivity index is 2.60. The quantitative estimate of drug-likeness (QED) is 0.425. The largest absolute Gasteiger partial charge is 0.490 e.